The van der Waals surface area contributed by atoms with Gasteiger partial charge < -0.3 is 9.47 Å². The molecule has 0 spiro atoms. The smallest absolute Gasteiger partial charge is 0.302 e. The van der Waals surface area contributed by atoms with Crippen LogP contribution in [-0.4, -0.2) is 19.2 Å². The highest BCUT2D eigenvalue weighted by Crippen LogP contribution is 2.25. The molecule has 1 aromatic carbocycles. The second-order valence-corrected chi connectivity index (χ2v) is 9.43. The number of rotatable bonds is 11. The van der Waals surface area contributed by atoms with Crippen LogP contribution in [0.1, 0.15) is 53.4 Å². The quantitative estimate of drug-likeness (QED) is 0.154. The Morgan fingerprint density at radius 2 is 2.00 bits per heavy atom. The van der Waals surface area contributed by atoms with Gasteiger partial charge in [0.2, 0.25) is 0 Å². The van der Waals surface area contributed by atoms with Crippen LogP contribution < -0.4 is 4.74 Å². The molecular weight excluding hydrogens is 416 g/mol. The zero-order valence-corrected chi connectivity index (χ0v) is 20.5. The van der Waals surface area contributed by atoms with E-state index in [9.17, 15) is 4.79 Å². The first-order chi connectivity index (χ1) is 15.3. The van der Waals surface area contributed by atoms with Crippen LogP contribution in [0, 0.1) is 17.3 Å². The second kappa shape index (κ2) is 13.6. The molecule has 0 N–H and O–H groups in total. The molecule has 1 heterocycles. The highest BCUT2D eigenvalue weighted by atomic mass is 32.1. The fraction of sp³-hybridized carbons (Fsp3) is 0.393. The fourth-order valence-corrected chi connectivity index (χ4v) is 3.52. The Hall–Kier alpha value is -2.77. The lowest BCUT2D eigenvalue weighted by Crippen LogP contribution is -2.03. The first-order valence-corrected chi connectivity index (χ1v) is 12.0. The van der Waals surface area contributed by atoms with E-state index in [0.29, 0.717) is 13.2 Å². The van der Waals surface area contributed by atoms with Gasteiger partial charge in [-0.3, -0.25) is 4.79 Å². The minimum Gasteiger partial charge on any atom is -0.494 e. The van der Waals surface area contributed by atoms with Crippen LogP contribution in [-0.2, 0) is 9.53 Å². The Kier molecular flexibility index (Phi) is 10.8. The summed E-state index contributed by atoms with van der Waals surface area (Å²) < 4.78 is 11.1. The molecule has 0 radical (unpaired) electrons. The van der Waals surface area contributed by atoms with E-state index in [-0.39, 0.29) is 11.4 Å². The van der Waals surface area contributed by atoms with Crippen LogP contribution in [0.15, 0.2) is 64.9 Å². The summed E-state index contributed by atoms with van der Waals surface area (Å²) in [7, 11) is 0. The second-order valence-electron chi connectivity index (χ2n) is 8.65. The zero-order chi connectivity index (χ0) is 23.2. The van der Waals surface area contributed by atoms with Crippen LogP contribution in [0.25, 0.3) is 11.1 Å². The van der Waals surface area contributed by atoms with E-state index >= 15 is 0 Å². The number of unbranched alkanes of at least 4 members (excludes halogenated alkanes) is 2. The highest BCUT2D eigenvalue weighted by molar-refractivity contribution is 7.08. The van der Waals surface area contributed by atoms with Gasteiger partial charge in [0.15, 0.2) is 0 Å². The molecule has 0 amide bonds. The molecule has 1 aromatic heterocycles. The number of hydrogen-bond donors (Lipinski definition) is 0. The maximum Gasteiger partial charge on any atom is 0.302 e. The van der Waals surface area contributed by atoms with Crippen molar-refractivity contribution in [2.75, 3.05) is 13.2 Å². The van der Waals surface area contributed by atoms with Gasteiger partial charge in [0.25, 0.3) is 0 Å². The summed E-state index contributed by atoms with van der Waals surface area (Å²) in [5, 5.41) is 4.23. The van der Waals surface area contributed by atoms with E-state index in [4.69, 9.17) is 9.47 Å². The van der Waals surface area contributed by atoms with Gasteiger partial charge in [-0.15, -0.1) is 0 Å². The largest absolute Gasteiger partial charge is 0.494 e. The Bertz CT molecular complexity index is 951. The number of carbonyl (C=O) groups excluding carboxylic acids is 1. The Morgan fingerprint density at radius 3 is 2.72 bits per heavy atom. The standard InChI is InChI=1S/C28H34O3S/c1-23(29)31-21-24(12-7-5-9-17-28(2,3)4)13-8-6-10-18-30-27-15-11-14-25(20-27)26-16-19-32-22-26/h5,7,11,13-16,19-20,22H,6,8,10,12,18,21H2,1-4H3/b7-5+,24-13+. The molecule has 2 aromatic rings. The van der Waals surface area contributed by atoms with E-state index in [1.54, 1.807) is 11.3 Å². The van der Waals surface area contributed by atoms with E-state index in [1.165, 1.54) is 18.1 Å². The molecule has 0 atom stereocenters. The molecule has 4 heteroatoms. The van der Waals surface area contributed by atoms with Crippen molar-refractivity contribution < 1.29 is 14.3 Å². The van der Waals surface area contributed by atoms with Gasteiger partial charge in [-0.1, -0.05) is 36.1 Å². The molecule has 0 aliphatic rings. The summed E-state index contributed by atoms with van der Waals surface area (Å²) in [5.74, 6) is 6.90. The SMILES string of the molecule is CC(=O)OC/C(=C/CCCCOc1cccc(-c2ccsc2)c1)C/C=C/C#CC(C)(C)C. The van der Waals surface area contributed by atoms with Crippen molar-refractivity contribution in [2.45, 2.75) is 53.4 Å². The summed E-state index contributed by atoms with van der Waals surface area (Å²) in [6.45, 7) is 8.71. The van der Waals surface area contributed by atoms with Crippen molar-refractivity contribution in [1.82, 2.24) is 0 Å². The molecule has 0 unspecified atom stereocenters. The molecule has 0 bridgehead atoms. The average molecular weight is 451 g/mol. The number of esters is 1. The van der Waals surface area contributed by atoms with Crippen LogP contribution in [0.2, 0.25) is 0 Å². The van der Waals surface area contributed by atoms with Crippen LogP contribution in [0.4, 0.5) is 0 Å². The lowest BCUT2D eigenvalue weighted by atomic mass is 9.98. The maximum absolute atomic E-state index is 11.2. The third-order valence-corrected chi connectivity index (χ3v) is 5.16. The Morgan fingerprint density at radius 1 is 1.16 bits per heavy atom. The lowest BCUT2D eigenvalue weighted by molar-refractivity contribution is -0.140. The molecule has 0 aliphatic carbocycles. The van der Waals surface area contributed by atoms with Crippen LogP contribution in [0.5, 0.6) is 5.75 Å². The van der Waals surface area contributed by atoms with Gasteiger partial charge in [-0.2, -0.15) is 11.3 Å². The first kappa shape index (κ1) is 25.5. The van der Waals surface area contributed by atoms with Gasteiger partial charge in [0.1, 0.15) is 12.4 Å². The fourth-order valence-electron chi connectivity index (χ4n) is 2.86. The van der Waals surface area contributed by atoms with Crippen molar-refractivity contribution in [1.29, 1.82) is 0 Å². The number of ether oxygens (including phenoxy) is 2. The third-order valence-electron chi connectivity index (χ3n) is 4.48. The van der Waals surface area contributed by atoms with Crippen LogP contribution in [0.3, 0.4) is 0 Å². The molecule has 170 valence electrons. The predicted molar refractivity (Wildman–Crippen MR) is 135 cm³/mol. The molecule has 0 saturated heterocycles. The van der Waals surface area contributed by atoms with Gasteiger partial charge in [0.05, 0.1) is 6.61 Å². The Labute approximate surface area is 197 Å². The third kappa shape index (κ3) is 11.0. The number of benzene rings is 1. The van der Waals surface area contributed by atoms with Gasteiger partial charge in [0, 0.05) is 12.3 Å². The maximum atomic E-state index is 11.2. The van der Waals surface area contributed by atoms with Crippen molar-refractivity contribution in [3.63, 3.8) is 0 Å². The summed E-state index contributed by atoms with van der Waals surface area (Å²) in [5.41, 5.74) is 3.50. The number of thiophene rings is 1. The zero-order valence-electron chi connectivity index (χ0n) is 19.6. The minimum absolute atomic E-state index is 0.00591. The summed E-state index contributed by atoms with van der Waals surface area (Å²) in [6.07, 6.45) is 9.72. The molecule has 0 fully saturated rings. The Balaban J connectivity index is 1.77. The topological polar surface area (TPSA) is 35.5 Å². The van der Waals surface area contributed by atoms with Gasteiger partial charge in [-0.25, -0.2) is 0 Å². The molecule has 32 heavy (non-hydrogen) atoms. The molecule has 2 rings (SSSR count). The minimum atomic E-state index is -0.259. The summed E-state index contributed by atoms with van der Waals surface area (Å²) in [6, 6.07) is 10.4. The van der Waals surface area contributed by atoms with Crippen LogP contribution >= 0.6 is 11.3 Å². The normalized spacial score (nSPS) is 11.8. The van der Waals surface area contributed by atoms with Crippen molar-refractivity contribution in [3.05, 3.63) is 64.9 Å². The summed E-state index contributed by atoms with van der Waals surface area (Å²) in [4.78, 5) is 11.2. The summed E-state index contributed by atoms with van der Waals surface area (Å²) >= 11 is 1.70. The molecular formula is C28H34O3S. The highest BCUT2D eigenvalue weighted by Gasteiger charge is 2.03. The van der Waals surface area contributed by atoms with Crippen molar-refractivity contribution in [3.8, 4) is 28.7 Å². The number of carbonyl (C=O) groups is 1. The van der Waals surface area contributed by atoms with Gasteiger partial charge >= 0.3 is 5.97 Å². The van der Waals surface area contributed by atoms with Gasteiger partial charge in [-0.05, 0) is 98.2 Å². The van der Waals surface area contributed by atoms with E-state index < -0.39 is 0 Å². The molecule has 0 aliphatic heterocycles. The lowest BCUT2D eigenvalue weighted by Gasteiger charge is -2.08. The first-order valence-electron chi connectivity index (χ1n) is 11.1. The number of allylic oxidation sites excluding steroid dienone is 3. The molecule has 0 saturated carbocycles. The van der Waals surface area contributed by atoms with E-state index in [2.05, 4.69) is 67.6 Å². The monoisotopic (exact) mass is 450 g/mol. The number of hydrogen-bond acceptors (Lipinski definition) is 4. The molecule has 3 nitrogen and oxygen atoms in total. The average Bonchev–Trinajstić information content (AvgIpc) is 3.28. The van der Waals surface area contributed by atoms with Crippen molar-refractivity contribution >= 4 is 17.3 Å². The van der Waals surface area contributed by atoms with E-state index in [0.717, 1.165) is 37.0 Å². The van der Waals surface area contributed by atoms with E-state index in [1.807, 2.05) is 24.3 Å². The predicted octanol–water partition coefficient (Wildman–Crippen LogP) is 7.45. The van der Waals surface area contributed by atoms with Crippen molar-refractivity contribution in [2.24, 2.45) is 5.41 Å².